The highest BCUT2D eigenvalue weighted by atomic mass is 32.2. The van der Waals surface area contributed by atoms with E-state index in [9.17, 15) is 21.6 Å². The van der Waals surface area contributed by atoms with E-state index in [0.717, 1.165) is 4.31 Å². The number of hydrogen-bond acceptors (Lipinski definition) is 3. The van der Waals surface area contributed by atoms with Crippen LogP contribution in [0, 0.1) is 5.92 Å². The number of nitrogens with one attached hydrogen (secondary N) is 1. The zero-order valence-corrected chi connectivity index (χ0v) is 10.9. The standard InChI is InChI=1S/C9H18F3N3O2S/c1-2-7-5-15(4-3-8(7)13)18(16,17)14-6-9(10,11)12/h7-8,14H,2-6,13H2,1H3. The van der Waals surface area contributed by atoms with E-state index in [1.54, 1.807) is 4.72 Å². The molecule has 3 N–H and O–H groups in total. The Labute approximate surface area is 105 Å². The molecule has 0 aromatic heterocycles. The minimum Gasteiger partial charge on any atom is -0.327 e. The van der Waals surface area contributed by atoms with E-state index in [0.29, 0.717) is 12.8 Å². The van der Waals surface area contributed by atoms with Crippen LogP contribution in [0.15, 0.2) is 0 Å². The lowest BCUT2D eigenvalue weighted by Crippen LogP contribution is -2.53. The van der Waals surface area contributed by atoms with Crippen LogP contribution in [0.1, 0.15) is 19.8 Å². The molecule has 0 aromatic rings. The maximum absolute atomic E-state index is 12.0. The first-order valence-corrected chi connectivity index (χ1v) is 7.17. The number of nitrogens with zero attached hydrogens (tertiary/aromatic N) is 1. The molecule has 0 aliphatic carbocycles. The third-order valence-corrected chi connectivity index (χ3v) is 4.60. The molecule has 0 bridgehead atoms. The van der Waals surface area contributed by atoms with Gasteiger partial charge in [0.2, 0.25) is 0 Å². The third kappa shape index (κ3) is 4.38. The van der Waals surface area contributed by atoms with Gasteiger partial charge in [0.15, 0.2) is 0 Å². The molecule has 0 amide bonds. The molecule has 2 atom stereocenters. The number of rotatable bonds is 4. The second-order valence-electron chi connectivity index (χ2n) is 4.42. The first kappa shape index (κ1) is 15.7. The SMILES string of the molecule is CCC1CN(S(=O)(=O)NCC(F)(F)F)CCC1N. The minimum absolute atomic E-state index is 0.0128. The van der Waals surface area contributed by atoms with Gasteiger partial charge in [0.05, 0.1) is 0 Å². The van der Waals surface area contributed by atoms with E-state index < -0.39 is 22.9 Å². The van der Waals surface area contributed by atoms with E-state index in [2.05, 4.69) is 0 Å². The normalized spacial score (nSPS) is 27.4. The molecule has 1 aliphatic rings. The lowest BCUT2D eigenvalue weighted by Gasteiger charge is -2.35. The molecule has 0 aromatic carbocycles. The fourth-order valence-corrected chi connectivity index (χ4v) is 3.19. The van der Waals surface area contributed by atoms with Crippen molar-refractivity contribution in [1.82, 2.24) is 9.03 Å². The summed E-state index contributed by atoms with van der Waals surface area (Å²) in [6, 6.07) is -0.0935. The van der Waals surface area contributed by atoms with Gasteiger partial charge in [-0.2, -0.15) is 30.6 Å². The maximum atomic E-state index is 12.0. The molecule has 9 heteroatoms. The molecular formula is C9H18F3N3O2S. The van der Waals surface area contributed by atoms with E-state index in [1.807, 2.05) is 6.92 Å². The molecule has 18 heavy (non-hydrogen) atoms. The number of halogens is 3. The lowest BCUT2D eigenvalue weighted by molar-refractivity contribution is -0.121. The summed E-state index contributed by atoms with van der Waals surface area (Å²) in [6.45, 7) is 0.661. The number of hydrogen-bond donors (Lipinski definition) is 2. The predicted molar refractivity (Wildman–Crippen MR) is 60.9 cm³/mol. The topological polar surface area (TPSA) is 75.4 Å². The third-order valence-electron chi connectivity index (χ3n) is 3.07. The Balaban J connectivity index is 2.63. The van der Waals surface area contributed by atoms with Crippen LogP contribution in [0.25, 0.3) is 0 Å². The van der Waals surface area contributed by atoms with Crippen LogP contribution in [-0.2, 0) is 10.2 Å². The van der Waals surface area contributed by atoms with Gasteiger partial charge in [-0.05, 0) is 12.3 Å². The van der Waals surface area contributed by atoms with Crippen LogP contribution >= 0.6 is 0 Å². The van der Waals surface area contributed by atoms with Gasteiger partial charge in [0.1, 0.15) is 6.54 Å². The summed E-state index contributed by atoms with van der Waals surface area (Å²) in [5, 5.41) is 0. The molecule has 2 unspecified atom stereocenters. The first-order chi connectivity index (χ1) is 8.15. The molecule has 1 fully saturated rings. The van der Waals surface area contributed by atoms with Crippen molar-refractivity contribution in [1.29, 1.82) is 0 Å². The average molecular weight is 289 g/mol. The van der Waals surface area contributed by atoms with Crippen molar-refractivity contribution in [3.05, 3.63) is 0 Å². The summed E-state index contributed by atoms with van der Waals surface area (Å²) in [7, 11) is -4.08. The van der Waals surface area contributed by atoms with Crippen molar-refractivity contribution >= 4 is 10.2 Å². The van der Waals surface area contributed by atoms with Gasteiger partial charge >= 0.3 is 6.18 Å². The molecule has 5 nitrogen and oxygen atoms in total. The van der Waals surface area contributed by atoms with Crippen molar-refractivity contribution < 1.29 is 21.6 Å². The molecule has 1 heterocycles. The van der Waals surface area contributed by atoms with Crippen molar-refractivity contribution in [3.8, 4) is 0 Å². The van der Waals surface area contributed by atoms with Crippen LogP contribution in [-0.4, -0.2) is 44.6 Å². The number of nitrogens with two attached hydrogens (primary N) is 1. The second-order valence-corrected chi connectivity index (χ2v) is 6.18. The largest absolute Gasteiger partial charge is 0.402 e. The van der Waals surface area contributed by atoms with Crippen molar-refractivity contribution in [2.24, 2.45) is 11.7 Å². The van der Waals surface area contributed by atoms with Crippen LogP contribution < -0.4 is 10.5 Å². The van der Waals surface area contributed by atoms with Gasteiger partial charge in [-0.1, -0.05) is 13.3 Å². The Morgan fingerprint density at radius 3 is 2.56 bits per heavy atom. The summed E-state index contributed by atoms with van der Waals surface area (Å²) in [4.78, 5) is 0. The predicted octanol–water partition coefficient (Wildman–Crippen LogP) is 0.442. The van der Waals surface area contributed by atoms with E-state index >= 15 is 0 Å². The van der Waals surface area contributed by atoms with Crippen LogP contribution in [0.3, 0.4) is 0 Å². The Morgan fingerprint density at radius 1 is 1.44 bits per heavy atom. The molecule has 108 valence electrons. The molecule has 0 radical (unpaired) electrons. The zero-order valence-electron chi connectivity index (χ0n) is 10.1. The summed E-state index contributed by atoms with van der Waals surface area (Å²) in [5.41, 5.74) is 5.82. The highest BCUT2D eigenvalue weighted by Crippen LogP contribution is 2.21. The fourth-order valence-electron chi connectivity index (χ4n) is 1.93. The Hall–Kier alpha value is -0.380. The van der Waals surface area contributed by atoms with Gasteiger partial charge < -0.3 is 5.73 Å². The van der Waals surface area contributed by atoms with Crippen molar-refractivity contribution in [2.75, 3.05) is 19.6 Å². The molecular weight excluding hydrogens is 271 g/mol. The van der Waals surface area contributed by atoms with Gasteiger partial charge in [-0.3, -0.25) is 0 Å². The molecule has 0 saturated carbocycles. The van der Waals surface area contributed by atoms with Gasteiger partial charge in [-0.15, -0.1) is 0 Å². The first-order valence-electron chi connectivity index (χ1n) is 5.73. The Bertz CT molecular complexity index is 372. The summed E-state index contributed by atoms with van der Waals surface area (Å²) < 4.78 is 61.9. The average Bonchev–Trinajstić information content (AvgIpc) is 2.26. The molecule has 1 aliphatic heterocycles. The molecule has 1 saturated heterocycles. The monoisotopic (exact) mass is 289 g/mol. The van der Waals surface area contributed by atoms with E-state index in [1.165, 1.54) is 0 Å². The van der Waals surface area contributed by atoms with Gasteiger partial charge in [0, 0.05) is 19.1 Å². The van der Waals surface area contributed by atoms with Crippen molar-refractivity contribution in [3.63, 3.8) is 0 Å². The van der Waals surface area contributed by atoms with Crippen LogP contribution in [0.4, 0.5) is 13.2 Å². The minimum atomic E-state index is -4.55. The maximum Gasteiger partial charge on any atom is 0.402 e. The van der Waals surface area contributed by atoms with E-state index in [-0.39, 0.29) is 25.0 Å². The molecule has 1 rings (SSSR count). The lowest BCUT2D eigenvalue weighted by atomic mass is 9.92. The fraction of sp³-hybridized carbons (Fsp3) is 1.00. The van der Waals surface area contributed by atoms with Crippen LogP contribution in [0.5, 0.6) is 0 Å². The highest BCUT2D eigenvalue weighted by Gasteiger charge is 2.35. The number of alkyl halides is 3. The highest BCUT2D eigenvalue weighted by molar-refractivity contribution is 7.87. The van der Waals surface area contributed by atoms with Gasteiger partial charge in [-0.25, -0.2) is 0 Å². The quantitative estimate of drug-likeness (QED) is 0.788. The van der Waals surface area contributed by atoms with Gasteiger partial charge in [0.25, 0.3) is 10.2 Å². The molecule has 0 spiro atoms. The summed E-state index contributed by atoms with van der Waals surface area (Å²) in [6.07, 6.45) is -3.39. The number of piperidine rings is 1. The smallest absolute Gasteiger partial charge is 0.327 e. The summed E-state index contributed by atoms with van der Waals surface area (Å²) in [5.74, 6) is -0.0128. The van der Waals surface area contributed by atoms with E-state index in [4.69, 9.17) is 5.73 Å². The Kier molecular flexibility index (Phi) is 4.98. The summed E-state index contributed by atoms with van der Waals surface area (Å²) >= 11 is 0. The zero-order chi connectivity index (χ0) is 14.0. The second kappa shape index (κ2) is 5.72. The van der Waals surface area contributed by atoms with Crippen LogP contribution in [0.2, 0.25) is 0 Å². The Morgan fingerprint density at radius 2 is 2.06 bits per heavy atom. The van der Waals surface area contributed by atoms with Crippen molar-refractivity contribution in [2.45, 2.75) is 32.0 Å².